The van der Waals surface area contributed by atoms with Crippen molar-refractivity contribution in [2.24, 2.45) is 5.92 Å². The molecule has 6 heteroatoms. The lowest BCUT2D eigenvalue weighted by Crippen LogP contribution is -2.44. The van der Waals surface area contributed by atoms with Gasteiger partial charge in [-0.2, -0.15) is 0 Å². The molecule has 5 nitrogen and oxygen atoms in total. The van der Waals surface area contributed by atoms with Crippen molar-refractivity contribution in [3.05, 3.63) is 83.2 Å². The summed E-state index contributed by atoms with van der Waals surface area (Å²) in [7, 11) is 0. The topological polar surface area (TPSA) is 67.4 Å². The molecular formula is C26H27FN2O3. The van der Waals surface area contributed by atoms with Gasteiger partial charge in [-0.15, -0.1) is 0 Å². The Labute approximate surface area is 187 Å². The molecule has 166 valence electrons. The van der Waals surface area contributed by atoms with Crippen molar-refractivity contribution in [2.75, 3.05) is 11.9 Å². The highest BCUT2D eigenvalue weighted by atomic mass is 19.1. The molecule has 32 heavy (non-hydrogen) atoms. The normalized spacial score (nSPS) is 19.7. The van der Waals surface area contributed by atoms with E-state index < -0.39 is 29.2 Å². The Morgan fingerprint density at radius 3 is 2.56 bits per heavy atom. The summed E-state index contributed by atoms with van der Waals surface area (Å²) in [5, 5.41) is 6.17. The summed E-state index contributed by atoms with van der Waals surface area (Å²) in [5.74, 6) is -1.27. The molecule has 2 N–H and O–H groups in total. The van der Waals surface area contributed by atoms with Crippen molar-refractivity contribution in [3.63, 3.8) is 0 Å². The van der Waals surface area contributed by atoms with E-state index in [4.69, 9.17) is 4.74 Å². The van der Waals surface area contributed by atoms with E-state index in [0.29, 0.717) is 17.9 Å². The van der Waals surface area contributed by atoms with Crippen LogP contribution in [0.2, 0.25) is 0 Å². The summed E-state index contributed by atoms with van der Waals surface area (Å²) >= 11 is 0. The number of halogens is 1. The van der Waals surface area contributed by atoms with E-state index in [1.54, 1.807) is 12.1 Å². The summed E-state index contributed by atoms with van der Waals surface area (Å²) in [4.78, 5) is 25.8. The van der Waals surface area contributed by atoms with Gasteiger partial charge in [0.2, 0.25) is 0 Å². The van der Waals surface area contributed by atoms with Crippen LogP contribution in [0.25, 0.3) is 0 Å². The van der Waals surface area contributed by atoms with Crippen LogP contribution in [0.5, 0.6) is 5.75 Å². The number of carbonyl (C=O) groups excluding carboxylic acids is 2. The molecule has 1 heterocycles. The predicted octanol–water partition coefficient (Wildman–Crippen LogP) is 4.91. The zero-order valence-electron chi connectivity index (χ0n) is 18.4. The number of Topliss-reactive ketones (excluding diaryl/α,β-unsaturated/α-hetero) is 1. The van der Waals surface area contributed by atoms with Gasteiger partial charge in [0.25, 0.3) is 5.91 Å². The zero-order chi connectivity index (χ0) is 22.9. The van der Waals surface area contributed by atoms with Gasteiger partial charge in [0.15, 0.2) is 5.78 Å². The molecule has 2 unspecified atom stereocenters. The third-order valence-electron chi connectivity index (χ3n) is 5.85. The van der Waals surface area contributed by atoms with E-state index in [-0.39, 0.29) is 11.4 Å². The number of carbonyl (C=O) groups is 2. The van der Waals surface area contributed by atoms with Crippen molar-refractivity contribution in [1.29, 1.82) is 0 Å². The van der Waals surface area contributed by atoms with Crippen LogP contribution in [0.3, 0.4) is 0 Å². The van der Waals surface area contributed by atoms with Crippen LogP contribution < -0.4 is 15.4 Å². The number of anilines is 1. The van der Waals surface area contributed by atoms with Crippen LogP contribution in [0, 0.1) is 5.92 Å². The molecule has 1 amide bonds. The Morgan fingerprint density at radius 2 is 1.84 bits per heavy atom. The Hall–Kier alpha value is -3.41. The van der Waals surface area contributed by atoms with Crippen molar-refractivity contribution >= 4 is 17.4 Å². The number of para-hydroxylation sites is 1. The first-order valence-corrected chi connectivity index (χ1v) is 10.9. The van der Waals surface area contributed by atoms with E-state index in [1.807, 2.05) is 57.2 Å². The van der Waals surface area contributed by atoms with Gasteiger partial charge in [0, 0.05) is 11.3 Å². The second-order valence-electron chi connectivity index (χ2n) is 8.65. The molecule has 1 aliphatic heterocycles. The number of benzene rings is 2. The van der Waals surface area contributed by atoms with Gasteiger partial charge >= 0.3 is 0 Å². The van der Waals surface area contributed by atoms with E-state index in [2.05, 4.69) is 10.6 Å². The van der Waals surface area contributed by atoms with E-state index in [1.165, 1.54) is 12.2 Å². The maximum absolute atomic E-state index is 14.9. The lowest BCUT2D eigenvalue weighted by Gasteiger charge is -2.33. The minimum Gasteiger partial charge on any atom is -0.494 e. The third kappa shape index (κ3) is 4.17. The average Bonchev–Trinajstić information content (AvgIpc) is 2.78. The van der Waals surface area contributed by atoms with Crippen molar-refractivity contribution in [1.82, 2.24) is 5.32 Å². The fraction of sp³-hybridized carbons (Fsp3) is 0.308. The summed E-state index contributed by atoms with van der Waals surface area (Å²) in [5.41, 5.74) is 1.29. The molecular weight excluding hydrogens is 407 g/mol. The SMILES string of the molecule is CCCOc1ccc(C(C)(C)NC(=O)C2=CC3Nc4ccccc4C(=O)C3C=C2F)cc1. The lowest BCUT2D eigenvalue weighted by molar-refractivity contribution is -0.119. The molecule has 0 aromatic heterocycles. The molecule has 0 radical (unpaired) electrons. The maximum Gasteiger partial charge on any atom is 0.254 e. The van der Waals surface area contributed by atoms with Gasteiger partial charge in [-0.3, -0.25) is 9.59 Å². The van der Waals surface area contributed by atoms with Gasteiger partial charge < -0.3 is 15.4 Å². The van der Waals surface area contributed by atoms with Crippen LogP contribution in [0.4, 0.5) is 10.1 Å². The molecule has 2 aromatic rings. The molecule has 2 aromatic carbocycles. The van der Waals surface area contributed by atoms with Crippen LogP contribution in [0.15, 0.2) is 72.1 Å². The summed E-state index contributed by atoms with van der Waals surface area (Å²) < 4.78 is 20.5. The average molecular weight is 435 g/mol. The molecule has 2 atom stereocenters. The highest BCUT2D eigenvalue weighted by Crippen LogP contribution is 2.35. The highest BCUT2D eigenvalue weighted by molar-refractivity contribution is 6.07. The molecule has 1 aliphatic carbocycles. The minimum atomic E-state index is -0.735. The van der Waals surface area contributed by atoms with Crippen LogP contribution in [-0.4, -0.2) is 24.3 Å². The smallest absolute Gasteiger partial charge is 0.254 e. The number of hydrogen-bond acceptors (Lipinski definition) is 4. The molecule has 4 rings (SSSR count). The molecule has 0 spiro atoms. The predicted molar refractivity (Wildman–Crippen MR) is 122 cm³/mol. The second kappa shape index (κ2) is 8.61. The van der Waals surface area contributed by atoms with Crippen molar-refractivity contribution in [3.8, 4) is 5.75 Å². The fourth-order valence-corrected chi connectivity index (χ4v) is 4.06. The lowest BCUT2D eigenvalue weighted by atomic mass is 9.81. The number of ether oxygens (including phenoxy) is 1. The van der Waals surface area contributed by atoms with Crippen LogP contribution in [-0.2, 0) is 10.3 Å². The van der Waals surface area contributed by atoms with Gasteiger partial charge in [0.1, 0.15) is 11.6 Å². The number of ketones is 1. The highest BCUT2D eigenvalue weighted by Gasteiger charge is 2.38. The largest absolute Gasteiger partial charge is 0.494 e. The Morgan fingerprint density at radius 1 is 1.12 bits per heavy atom. The molecule has 0 saturated heterocycles. The second-order valence-corrected chi connectivity index (χ2v) is 8.65. The summed E-state index contributed by atoms with van der Waals surface area (Å²) in [6.45, 7) is 6.40. The zero-order valence-corrected chi connectivity index (χ0v) is 18.4. The first kappa shape index (κ1) is 21.8. The quantitative estimate of drug-likeness (QED) is 0.678. The first-order chi connectivity index (χ1) is 15.3. The Balaban J connectivity index is 1.52. The van der Waals surface area contributed by atoms with E-state index in [9.17, 15) is 14.0 Å². The van der Waals surface area contributed by atoms with Crippen LogP contribution in [0.1, 0.15) is 43.1 Å². The minimum absolute atomic E-state index is 0.0677. The molecule has 2 aliphatic rings. The fourth-order valence-electron chi connectivity index (χ4n) is 4.06. The number of fused-ring (bicyclic) bond motifs is 2. The van der Waals surface area contributed by atoms with Crippen LogP contribution >= 0.6 is 0 Å². The standard InChI is InChI=1S/C26H27FN2O3/c1-4-13-32-17-11-9-16(10-12-17)26(2,3)29-25(31)19-15-23-20(14-21(19)27)24(30)18-7-5-6-8-22(18)28-23/h5-12,14-15,20,23,28H,4,13H2,1-3H3,(H,29,31). The third-order valence-corrected chi connectivity index (χ3v) is 5.85. The van der Waals surface area contributed by atoms with Crippen molar-refractivity contribution < 1.29 is 18.7 Å². The molecule has 0 bridgehead atoms. The Bertz CT molecular complexity index is 1100. The number of hydrogen-bond donors (Lipinski definition) is 2. The number of amides is 1. The van der Waals surface area contributed by atoms with E-state index >= 15 is 0 Å². The summed E-state index contributed by atoms with van der Waals surface area (Å²) in [6, 6.07) is 14.2. The molecule has 0 saturated carbocycles. The summed E-state index contributed by atoms with van der Waals surface area (Å²) in [6.07, 6.45) is 3.68. The van der Waals surface area contributed by atoms with Gasteiger partial charge in [-0.1, -0.05) is 31.2 Å². The Kier molecular flexibility index (Phi) is 5.87. The van der Waals surface area contributed by atoms with E-state index in [0.717, 1.165) is 17.7 Å². The van der Waals surface area contributed by atoms with Gasteiger partial charge in [-0.25, -0.2) is 4.39 Å². The first-order valence-electron chi connectivity index (χ1n) is 10.9. The monoisotopic (exact) mass is 434 g/mol. The van der Waals surface area contributed by atoms with Gasteiger partial charge in [-0.05, 0) is 62.2 Å². The maximum atomic E-state index is 14.9. The van der Waals surface area contributed by atoms with Crippen molar-refractivity contribution in [2.45, 2.75) is 38.8 Å². The number of rotatable bonds is 6. The number of nitrogens with one attached hydrogen (secondary N) is 2. The molecule has 0 fully saturated rings. The van der Waals surface area contributed by atoms with Gasteiger partial charge in [0.05, 0.1) is 29.7 Å².